The van der Waals surface area contributed by atoms with Gasteiger partial charge < -0.3 is 10.3 Å². The highest BCUT2D eigenvalue weighted by atomic mass is 32.1. The maximum Gasteiger partial charge on any atom is 0.0697 e. The van der Waals surface area contributed by atoms with E-state index in [-0.39, 0.29) is 0 Å². The van der Waals surface area contributed by atoms with E-state index < -0.39 is 0 Å². The summed E-state index contributed by atoms with van der Waals surface area (Å²) >= 11 is 1.85. The van der Waals surface area contributed by atoms with Gasteiger partial charge in [0.2, 0.25) is 0 Å². The first-order valence-electron chi connectivity index (χ1n) is 7.47. The fourth-order valence-corrected chi connectivity index (χ4v) is 4.06. The predicted octanol–water partition coefficient (Wildman–Crippen LogP) is 3.22. The van der Waals surface area contributed by atoms with Gasteiger partial charge in [-0.1, -0.05) is 18.2 Å². The standard InChI is InChI=1S/C17H19N3S/c1-2-16(21-11-1)17(20-9-7-18-8-10-20)14-4-3-13-5-6-19-15(13)12-14/h1-6,11-12,17-19H,7-10H2/t17-/m1/s1. The second-order valence-electron chi connectivity index (χ2n) is 5.53. The minimum Gasteiger partial charge on any atom is -0.361 e. The molecule has 3 aromatic rings. The molecular weight excluding hydrogens is 278 g/mol. The third-order valence-electron chi connectivity index (χ3n) is 4.22. The first kappa shape index (κ1) is 13.1. The van der Waals surface area contributed by atoms with Crippen molar-refractivity contribution in [2.45, 2.75) is 6.04 Å². The largest absolute Gasteiger partial charge is 0.361 e. The zero-order chi connectivity index (χ0) is 14.1. The Labute approximate surface area is 128 Å². The van der Waals surface area contributed by atoms with Crippen LogP contribution in [0.15, 0.2) is 48.0 Å². The van der Waals surface area contributed by atoms with Crippen LogP contribution in [0.4, 0.5) is 0 Å². The Morgan fingerprint density at radius 2 is 2.00 bits per heavy atom. The molecule has 1 saturated heterocycles. The minimum atomic E-state index is 0.375. The number of fused-ring (bicyclic) bond motifs is 1. The summed E-state index contributed by atoms with van der Waals surface area (Å²) in [6.07, 6.45) is 2.01. The zero-order valence-corrected chi connectivity index (χ0v) is 12.7. The van der Waals surface area contributed by atoms with Crippen molar-refractivity contribution in [1.82, 2.24) is 15.2 Å². The van der Waals surface area contributed by atoms with E-state index in [2.05, 4.69) is 57.0 Å². The van der Waals surface area contributed by atoms with E-state index in [0.717, 1.165) is 26.2 Å². The van der Waals surface area contributed by atoms with Crippen molar-refractivity contribution in [2.24, 2.45) is 0 Å². The molecule has 2 aromatic heterocycles. The van der Waals surface area contributed by atoms with Gasteiger partial charge in [-0.05, 0) is 34.5 Å². The van der Waals surface area contributed by atoms with E-state index in [1.54, 1.807) is 0 Å². The van der Waals surface area contributed by atoms with Crippen LogP contribution in [-0.2, 0) is 0 Å². The highest BCUT2D eigenvalue weighted by molar-refractivity contribution is 7.10. The van der Waals surface area contributed by atoms with Gasteiger partial charge >= 0.3 is 0 Å². The maximum absolute atomic E-state index is 3.45. The van der Waals surface area contributed by atoms with Crippen LogP contribution in [0.2, 0.25) is 0 Å². The molecule has 3 heterocycles. The molecule has 4 heteroatoms. The summed E-state index contributed by atoms with van der Waals surface area (Å²) in [5, 5.41) is 6.91. The van der Waals surface area contributed by atoms with E-state index in [0.29, 0.717) is 6.04 Å². The normalized spacial score (nSPS) is 18.1. The number of benzene rings is 1. The van der Waals surface area contributed by atoms with Gasteiger partial charge in [0.15, 0.2) is 0 Å². The molecule has 108 valence electrons. The van der Waals surface area contributed by atoms with Crippen molar-refractivity contribution in [2.75, 3.05) is 26.2 Å². The Kier molecular flexibility index (Phi) is 3.51. The predicted molar refractivity (Wildman–Crippen MR) is 88.9 cm³/mol. The van der Waals surface area contributed by atoms with Crippen molar-refractivity contribution < 1.29 is 0 Å². The van der Waals surface area contributed by atoms with Crippen molar-refractivity contribution in [1.29, 1.82) is 0 Å². The molecular formula is C17H19N3S. The number of H-pyrrole nitrogens is 1. The number of aromatic nitrogens is 1. The number of thiophene rings is 1. The lowest BCUT2D eigenvalue weighted by Crippen LogP contribution is -2.45. The van der Waals surface area contributed by atoms with Crippen LogP contribution in [-0.4, -0.2) is 36.1 Å². The molecule has 0 amide bonds. The van der Waals surface area contributed by atoms with Crippen molar-refractivity contribution in [3.63, 3.8) is 0 Å². The molecule has 1 atom stereocenters. The summed E-state index contributed by atoms with van der Waals surface area (Å²) in [7, 11) is 0. The van der Waals surface area contributed by atoms with Gasteiger partial charge in [-0.25, -0.2) is 0 Å². The smallest absolute Gasteiger partial charge is 0.0697 e. The van der Waals surface area contributed by atoms with E-state index in [4.69, 9.17) is 0 Å². The fraction of sp³-hybridized carbons (Fsp3) is 0.294. The van der Waals surface area contributed by atoms with E-state index in [1.165, 1.54) is 21.3 Å². The Morgan fingerprint density at radius 3 is 2.81 bits per heavy atom. The third kappa shape index (κ3) is 2.50. The van der Waals surface area contributed by atoms with Crippen LogP contribution in [0, 0.1) is 0 Å². The van der Waals surface area contributed by atoms with Crippen LogP contribution in [0.25, 0.3) is 10.9 Å². The first-order valence-corrected chi connectivity index (χ1v) is 8.35. The third-order valence-corrected chi connectivity index (χ3v) is 5.15. The number of rotatable bonds is 3. The summed E-state index contributed by atoms with van der Waals surface area (Å²) < 4.78 is 0. The van der Waals surface area contributed by atoms with Crippen molar-refractivity contribution in [3.8, 4) is 0 Å². The molecule has 0 saturated carbocycles. The number of nitrogens with one attached hydrogen (secondary N) is 2. The summed E-state index contributed by atoms with van der Waals surface area (Å²) in [6.45, 7) is 4.36. The molecule has 1 aromatic carbocycles. The quantitative estimate of drug-likeness (QED) is 0.778. The Balaban J connectivity index is 1.77. The molecule has 3 nitrogen and oxygen atoms in total. The fourth-order valence-electron chi connectivity index (χ4n) is 3.18. The number of hydrogen-bond acceptors (Lipinski definition) is 3. The summed E-state index contributed by atoms with van der Waals surface area (Å²) in [5.74, 6) is 0. The van der Waals surface area contributed by atoms with Crippen LogP contribution in [0.1, 0.15) is 16.5 Å². The van der Waals surface area contributed by atoms with Crippen molar-refractivity contribution in [3.05, 3.63) is 58.4 Å². The Hall–Kier alpha value is -1.62. The minimum absolute atomic E-state index is 0.375. The average molecular weight is 297 g/mol. The number of piperazine rings is 1. The molecule has 0 radical (unpaired) electrons. The van der Waals surface area contributed by atoms with Crippen LogP contribution >= 0.6 is 11.3 Å². The lowest BCUT2D eigenvalue weighted by Gasteiger charge is -2.34. The average Bonchev–Trinajstić information content (AvgIpc) is 3.19. The topological polar surface area (TPSA) is 31.1 Å². The molecule has 2 N–H and O–H groups in total. The molecule has 0 spiro atoms. The number of nitrogens with zero attached hydrogens (tertiary/aromatic N) is 1. The van der Waals surface area contributed by atoms with Gasteiger partial charge in [0.25, 0.3) is 0 Å². The summed E-state index contributed by atoms with van der Waals surface area (Å²) in [6, 6.07) is 13.7. The Bertz CT molecular complexity index is 711. The van der Waals surface area contributed by atoms with Crippen molar-refractivity contribution >= 4 is 22.2 Å². The Morgan fingerprint density at radius 1 is 1.10 bits per heavy atom. The number of hydrogen-bond donors (Lipinski definition) is 2. The molecule has 1 aliphatic heterocycles. The highest BCUT2D eigenvalue weighted by Crippen LogP contribution is 2.33. The van der Waals surface area contributed by atoms with Gasteiger partial charge in [-0.2, -0.15) is 0 Å². The second-order valence-corrected chi connectivity index (χ2v) is 6.51. The van der Waals surface area contributed by atoms with Gasteiger partial charge in [0, 0.05) is 42.8 Å². The molecule has 1 fully saturated rings. The SMILES string of the molecule is c1csc([C@@H](c2ccc3cc[nH]c3c2)N2CCNCC2)c1. The second kappa shape index (κ2) is 5.64. The summed E-state index contributed by atoms with van der Waals surface area (Å²) in [5.41, 5.74) is 2.61. The molecule has 0 unspecified atom stereocenters. The molecule has 0 bridgehead atoms. The van der Waals surface area contributed by atoms with Gasteiger partial charge in [-0.3, -0.25) is 4.90 Å². The van der Waals surface area contributed by atoms with E-state index in [9.17, 15) is 0 Å². The molecule has 21 heavy (non-hydrogen) atoms. The summed E-state index contributed by atoms with van der Waals surface area (Å²) in [4.78, 5) is 7.36. The zero-order valence-electron chi connectivity index (χ0n) is 11.9. The van der Waals surface area contributed by atoms with E-state index >= 15 is 0 Å². The first-order chi connectivity index (χ1) is 10.4. The van der Waals surface area contributed by atoms with Crippen LogP contribution in [0.5, 0.6) is 0 Å². The van der Waals surface area contributed by atoms with Gasteiger partial charge in [-0.15, -0.1) is 11.3 Å². The highest BCUT2D eigenvalue weighted by Gasteiger charge is 2.24. The molecule has 0 aliphatic carbocycles. The van der Waals surface area contributed by atoms with Crippen LogP contribution in [0.3, 0.4) is 0 Å². The van der Waals surface area contributed by atoms with E-state index in [1.807, 2.05) is 17.5 Å². The van der Waals surface area contributed by atoms with Crippen LogP contribution < -0.4 is 5.32 Å². The monoisotopic (exact) mass is 297 g/mol. The molecule has 1 aliphatic rings. The van der Waals surface area contributed by atoms with Gasteiger partial charge in [0.05, 0.1) is 6.04 Å². The number of aromatic amines is 1. The molecule has 4 rings (SSSR count). The maximum atomic E-state index is 3.45. The lowest BCUT2D eigenvalue weighted by molar-refractivity contribution is 0.201. The lowest BCUT2D eigenvalue weighted by atomic mass is 10.0. The van der Waals surface area contributed by atoms with Gasteiger partial charge in [0.1, 0.15) is 0 Å².